The van der Waals surface area contributed by atoms with E-state index in [0.29, 0.717) is 11.4 Å². The van der Waals surface area contributed by atoms with Crippen LogP contribution in [0.1, 0.15) is 13.8 Å². The number of anilines is 4. The number of carbonyl (C=O) groups is 2. The zero-order valence-electron chi connectivity index (χ0n) is 12.5. The van der Waals surface area contributed by atoms with E-state index in [4.69, 9.17) is 5.84 Å². The molecule has 0 atom stereocenters. The van der Waals surface area contributed by atoms with E-state index in [2.05, 4.69) is 10.6 Å². The van der Waals surface area contributed by atoms with Crippen LogP contribution >= 0.6 is 0 Å². The number of hydrogen-bond acceptors (Lipinski definition) is 4. The first kappa shape index (κ1) is 15.5. The Balaban J connectivity index is 2.11. The summed E-state index contributed by atoms with van der Waals surface area (Å²) in [6.45, 7) is 2.92. The smallest absolute Gasteiger partial charge is 0.221 e. The number of nitrogens with two attached hydrogens (primary N) is 1. The van der Waals surface area contributed by atoms with E-state index < -0.39 is 0 Å². The summed E-state index contributed by atoms with van der Waals surface area (Å²) in [6.07, 6.45) is 0. The van der Waals surface area contributed by atoms with Crippen molar-refractivity contribution in [3.8, 4) is 0 Å². The van der Waals surface area contributed by atoms with Gasteiger partial charge < -0.3 is 10.6 Å². The number of nitrogens with zero attached hydrogens (tertiary/aromatic N) is 1. The Morgan fingerprint density at radius 2 is 1.09 bits per heavy atom. The predicted octanol–water partition coefficient (Wildman–Crippen LogP) is 2.62. The molecule has 0 saturated carbocycles. The summed E-state index contributed by atoms with van der Waals surface area (Å²) < 4.78 is 0. The molecule has 0 unspecified atom stereocenters. The highest BCUT2D eigenvalue weighted by molar-refractivity contribution is 5.89. The van der Waals surface area contributed by atoms with Gasteiger partial charge in [0.1, 0.15) is 0 Å². The minimum Gasteiger partial charge on any atom is -0.326 e. The van der Waals surface area contributed by atoms with Gasteiger partial charge in [-0.3, -0.25) is 14.6 Å². The second-order valence-corrected chi connectivity index (χ2v) is 4.83. The number of rotatable bonds is 4. The summed E-state index contributed by atoms with van der Waals surface area (Å²) in [5, 5.41) is 6.92. The molecule has 22 heavy (non-hydrogen) atoms. The fraction of sp³-hybridized carbons (Fsp3) is 0.125. The van der Waals surface area contributed by atoms with E-state index in [-0.39, 0.29) is 11.8 Å². The minimum atomic E-state index is -0.120. The minimum absolute atomic E-state index is 0.120. The molecule has 0 aliphatic carbocycles. The summed E-state index contributed by atoms with van der Waals surface area (Å²) in [4.78, 5) is 22.0. The van der Waals surface area contributed by atoms with Crippen LogP contribution in [0.2, 0.25) is 0 Å². The molecule has 0 radical (unpaired) electrons. The van der Waals surface area contributed by atoms with Crippen LogP contribution in [0.25, 0.3) is 0 Å². The molecule has 4 N–H and O–H groups in total. The van der Waals surface area contributed by atoms with E-state index in [9.17, 15) is 9.59 Å². The molecular formula is C16H18N4O2. The molecule has 0 aliphatic heterocycles. The Hall–Kier alpha value is -2.86. The van der Waals surface area contributed by atoms with Gasteiger partial charge in [0.2, 0.25) is 11.8 Å². The standard InChI is InChI=1S/C16H18N4O2/c1-11(21)18-13-3-7-15(8-4-13)20(17)16-9-5-14(6-10-16)19-12(2)22/h3-10H,17H2,1-2H3,(H,18,21)(H,19,22). The molecule has 2 rings (SSSR count). The molecule has 0 spiro atoms. The highest BCUT2D eigenvalue weighted by Crippen LogP contribution is 2.24. The van der Waals surface area contributed by atoms with Crippen LogP contribution < -0.4 is 21.5 Å². The maximum Gasteiger partial charge on any atom is 0.221 e. The van der Waals surface area contributed by atoms with Crippen LogP contribution in [0, 0.1) is 0 Å². The summed E-state index contributed by atoms with van der Waals surface area (Å²) in [6, 6.07) is 14.4. The SMILES string of the molecule is CC(=O)Nc1ccc(N(N)c2ccc(NC(C)=O)cc2)cc1. The average molecular weight is 298 g/mol. The lowest BCUT2D eigenvalue weighted by Crippen LogP contribution is -2.24. The van der Waals surface area contributed by atoms with Crippen LogP contribution in [0.3, 0.4) is 0 Å². The second-order valence-electron chi connectivity index (χ2n) is 4.83. The van der Waals surface area contributed by atoms with Gasteiger partial charge in [0.15, 0.2) is 0 Å². The van der Waals surface area contributed by atoms with Crippen LogP contribution in [0.5, 0.6) is 0 Å². The fourth-order valence-corrected chi connectivity index (χ4v) is 1.97. The lowest BCUT2D eigenvalue weighted by Gasteiger charge is -2.19. The molecule has 2 amide bonds. The molecule has 0 bridgehead atoms. The van der Waals surface area contributed by atoms with Crippen molar-refractivity contribution in [3.63, 3.8) is 0 Å². The molecule has 2 aromatic carbocycles. The topological polar surface area (TPSA) is 87.5 Å². The van der Waals surface area contributed by atoms with Crippen molar-refractivity contribution in [3.05, 3.63) is 48.5 Å². The van der Waals surface area contributed by atoms with Crippen LogP contribution in [-0.2, 0) is 9.59 Å². The van der Waals surface area contributed by atoms with Gasteiger partial charge in [-0.05, 0) is 48.5 Å². The third kappa shape index (κ3) is 4.07. The van der Waals surface area contributed by atoms with Gasteiger partial charge >= 0.3 is 0 Å². The molecule has 114 valence electrons. The first-order valence-corrected chi connectivity index (χ1v) is 6.76. The van der Waals surface area contributed by atoms with Crippen molar-refractivity contribution in [1.29, 1.82) is 0 Å². The lowest BCUT2D eigenvalue weighted by molar-refractivity contribution is -0.115. The van der Waals surface area contributed by atoms with Crippen molar-refractivity contribution in [2.45, 2.75) is 13.8 Å². The van der Waals surface area contributed by atoms with Crippen molar-refractivity contribution >= 4 is 34.6 Å². The van der Waals surface area contributed by atoms with E-state index in [1.165, 1.54) is 18.9 Å². The van der Waals surface area contributed by atoms with Crippen molar-refractivity contribution < 1.29 is 9.59 Å². The molecule has 0 saturated heterocycles. The number of hydrazine groups is 1. The molecule has 6 heteroatoms. The average Bonchev–Trinajstić information content (AvgIpc) is 2.47. The highest BCUT2D eigenvalue weighted by Gasteiger charge is 2.05. The first-order valence-electron chi connectivity index (χ1n) is 6.76. The third-order valence-electron chi connectivity index (χ3n) is 2.93. The Bertz CT molecular complexity index is 606. The Labute approximate surface area is 128 Å². The number of hydrogen-bond donors (Lipinski definition) is 3. The van der Waals surface area contributed by atoms with Crippen LogP contribution in [-0.4, -0.2) is 11.8 Å². The van der Waals surface area contributed by atoms with Crippen LogP contribution in [0.4, 0.5) is 22.7 Å². The Morgan fingerprint density at radius 1 is 0.773 bits per heavy atom. The molecule has 0 fully saturated rings. The molecule has 2 aromatic rings. The predicted molar refractivity (Wildman–Crippen MR) is 87.8 cm³/mol. The van der Waals surface area contributed by atoms with Crippen molar-refractivity contribution in [2.24, 2.45) is 5.84 Å². The van der Waals surface area contributed by atoms with Gasteiger partial charge in [0.05, 0.1) is 11.4 Å². The number of carbonyl (C=O) groups excluding carboxylic acids is 2. The molecule has 0 aromatic heterocycles. The van der Waals surface area contributed by atoms with E-state index in [1.807, 2.05) is 24.3 Å². The van der Waals surface area contributed by atoms with E-state index in [1.54, 1.807) is 24.3 Å². The summed E-state index contributed by atoms with van der Waals surface area (Å²) in [5.74, 6) is 5.84. The summed E-state index contributed by atoms with van der Waals surface area (Å²) in [5.41, 5.74) is 2.99. The van der Waals surface area contributed by atoms with Crippen LogP contribution in [0.15, 0.2) is 48.5 Å². The Morgan fingerprint density at radius 3 is 1.36 bits per heavy atom. The summed E-state index contributed by atoms with van der Waals surface area (Å²) in [7, 11) is 0. The van der Waals surface area contributed by atoms with Gasteiger partial charge in [-0.1, -0.05) is 0 Å². The largest absolute Gasteiger partial charge is 0.326 e. The number of nitrogens with one attached hydrogen (secondary N) is 2. The highest BCUT2D eigenvalue weighted by atomic mass is 16.2. The first-order chi connectivity index (χ1) is 10.5. The van der Waals surface area contributed by atoms with E-state index in [0.717, 1.165) is 11.4 Å². The normalized spacial score (nSPS) is 9.95. The maximum atomic E-state index is 11.0. The zero-order valence-corrected chi connectivity index (χ0v) is 12.5. The molecule has 0 aliphatic rings. The van der Waals surface area contributed by atoms with Gasteiger partial charge in [0.25, 0.3) is 0 Å². The maximum absolute atomic E-state index is 11.0. The van der Waals surface area contributed by atoms with Crippen molar-refractivity contribution in [1.82, 2.24) is 0 Å². The number of amides is 2. The Kier molecular flexibility index (Phi) is 4.75. The molecular weight excluding hydrogens is 280 g/mol. The molecule has 0 heterocycles. The monoisotopic (exact) mass is 298 g/mol. The third-order valence-corrected chi connectivity index (χ3v) is 2.93. The lowest BCUT2D eigenvalue weighted by atomic mass is 10.2. The van der Waals surface area contributed by atoms with E-state index >= 15 is 0 Å². The summed E-state index contributed by atoms with van der Waals surface area (Å²) >= 11 is 0. The number of benzene rings is 2. The second kappa shape index (κ2) is 6.73. The van der Waals surface area contributed by atoms with Crippen molar-refractivity contribution in [2.75, 3.05) is 15.6 Å². The van der Waals surface area contributed by atoms with Gasteiger partial charge in [-0.2, -0.15) is 0 Å². The van der Waals surface area contributed by atoms with Gasteiger partial charge in [-0.25, -0.2) is 5.84 Å². The quantitative estimate of drug-likeness (QED) is 0.598. The molecule has 6 nitrogen and oxygen atoms in total. The van der Waals surface area contributed by atoms with Gasteiger partial charge in [-0.15, -0.1) is 0 Å². The zero-order chi connectivity index (χ0) is 16.1. The fourth-order valence-electron chi connectivity index (χ4n) is 1.97. The van der Waals surface area contributed by atoms with Gasteiger partial charge in [0, 0.05) is 25.2 Å².